The number of nitro benzene ring substituents is 1. The van der Waals surface area contributed by atoms with E-state index >= 15 is 0 Å². The minimum absolute atomic E-state index is 0.0317. The lowest BCUT2D eigenvalue weighted by Crippen LogP contribution is -1.99. The maximum atomic E-state index is 11.0. The first-order valence-electron chi connectivity index (χ1n) is 22.0. The predicted octanol–water partition coefficient (Wildman–Crippen LogP) is 12.9. The fourth-order valence-electron chi connectivity index (χ4n) is 7.70. The van der Waals surface area contributed by atoms with E-state index in [-0.39, 0.29) is 5.69 Å². The van der Waals surface area contributed by atoms with Crippen LogP contribution in [0.5, 0.6) is 23.0 Å². The fourth-order valence-corrected chi connectivity index (χ4v) is 7.70. The summed E-state index contributed by atoms with van der Waals surface area (Å²) in [5, 5.41) is 17.8. The summed E-state index contributed by atoms with van der Waals surface area (Å²) in [6.45, 7) is 0. The van der Waals surface area contributed by atoms with Crippen molar-refractivity contribution in [3.05, 3.63) is 192 Å². The van der Waals surface area contributed by atoms with E-state index in [1.165, 1.54) is 12.1 Å². The van der Waals surface area contributed by atoms with E-state index in [2.05, 4.69) is 10.6 Å². The Labute approximate surface area is 403 Å². The number of methoxy groups -OCH3 is 4. The standard InChI is InChI=1S/C28H22N4O4.C28H24N4O2/c1-35-22-14-6-18(7-15-22)26-27(19-8-16-23(36-2)17-9-19)31-28-24(4-3-5-25(28)30-26)29-20-10-12-21(13-11-20)32(33)34;1-33-22-14-6-18(7-15-22)26-27(19-8-16-23(34-2)17-9-19)32-28-24(4-3-5-25(28)31-26)30-21-12-10-20(29)11-13-21/h3-17,29H,1-2H3;3-17,30H,29H2,1-2H3. The molecule has 14 heteroatoms. The van der Waals surface area contributed by atoms with E-state index < -0.39 is 4.92 Å². The lowest BCUT2D eigenvalue weighted by molar-refractivity contribution is -0.384. The monoisotopic (exact) mass is 926 g/mol. The number of rotatable bonds is 13. The molecule has 10 rings (SSSR count). The number of nitro groups is 1. The van der Waals surface area contributed by atoms with E-state index in [0.29, 0.717) is 28.1 Å². The van der Waals surface area contributed by atoms with Crippen molar-refractivity contribution >= 4 is 56.2 Å². The smallest absolute Gasteiger partial charge is 0.269 e. The van der Waals surface area contributed by atoms with Crippen LogP contribution in [0.2, 0.25) is 0 Å². The number of aromatic nitrogens is 4. The molecule has 0 amide bonds. The molecule has 0 unspecified atom stereocenters. The molecule has 0 aliphatic rings. The van der Waals surface area contributed by atoms with Crippen molar-refractivity contribution in [2.45, 2.75) is 0 Å². The molecule has 70 heavy (non-hydrogen) atoms. The average molecular weight is 927 g/mol. The van der Waals surface area contributed by atoms with Crippen LogP contribution in [-0.2, 0) is 0 Å². The van der Waals surface area contributed by atoms with E-state index in [1.54, 1.807) is 40.6 Å². The molecule has 0 fully saturated rings. The molecule has 0 aliphatic heterocycles. The Balaban J connectivity index is 0.000000174. The Kier molecular flexibility index (Phi) is 13.4. The number of nitrogen functional groups attached to an aromatic ring is 1. The third-order valence-corrected chi connectivity index (χ3v) is 11.4. The van der Waals surface area contributed by atoms with Crippen molar-refractivity contribution in [1.82, 2.24) is 19.9 Å². The Morgan fingerprint density at radius 3 is 1.04 bits per heavy atom. The molecule has 0 spiro atoms. The normalized spacial score (nSPS) is 10.7. The minimum atomic E-state index is -0.422. The molecule has 0 aliphatic carbocycles. The predicted molar refractivity (Wildman–Crippen MR) is 278 cm³/mol. The van der Waals surface area contributed by atoms with Crippen LogP contribution in [0.4, 0.5) is 34.1 Å². The minimum Gasteiger partial charge on any atom is -0.497 e. The molecule has 0 atom stereocenters. The van der Waals surface area contributed by atoms with Gasteiger partial charge in [-0.15, -0.1) is 0 Å². The van der Waals surface area contributed by atoms with Crippen LogP contribution in [0.1, 0.15) is 0 Å². The van der Waals surface area contributed by atoms with E-state index in [0.717, 1.165) is 90.4 Å². The van der Waals surface area contributed by atoms with Gasteiger partial charge in [0, 0.05) is 51.4 Å². The summed E-state index contributed by atoms with van der Waals surface area (Å²) in [5.41, 5.74) is 19.5. The number of para-hydroxylation sites is 2. The summed E-state index contributed by atoms with van der Waals surface area (Å²) in [5.74, 6) is 3.08. The van der Waals surface area contributed by atoms with Crippen molar-refractivity contribution < 1.29 is 23.9 Å². The molecule has 8 aromatic carbocycles. The Morgan fingerprint density at radius 2 is 0.729 bits per heavy atom. The number of ether oxygens (including phenoxy) is 4. The molecular formula is C56H46N8O6. The van der Waals surface area contributed by atoms with Gasteiger partial charge >= 0.3 is 0 Å². The SMILES string of the molecule is COc1ccc(-c2nc3cccc(Nc4ccc(N)cc4)c3nc2-c2ccc(OC)cc2)cc1.COc1ccc(-c2nc3cccc(Nc4ccc([N+](=O)[O-])cc4)c3nc2-c2ccc(OC)cc2)cc1. The largest absolute Gasteiger partial charge is 0.497 e. The van der Waals surface area contributed by atoms with Gasteiger partial charge in [-0.05, 0) is 158 Å². The number of hydrogen-bond acceptors (Lipinski definition) is 13. The Morgan fingerprint density at radius 1 is 0.414 bits per heavy atom. The average Bonchev–Trinajstić information content (AvgIpc) is 3.41. The molecule has 0 radical (unpaired) electrons. The number of fused-ring (bicyclic) bond motifs is 2. The van der Waals surface area contributed by atoms with Gasteiger partial charge in [0.05, 0.1) is 78.5 Å². The van der Waals surface area contributed by atoms with Gasteiger partial charge in [-0.3, -0.25) is 10.1 Å². The van der Waals surface area contributed by atoms with Gasteiger partial charge in [-0.2, -0.15) is 0 Å². The highest BCUT2D eigenvalue weighted by atomic mass is 16.6. The summed E-state index contributed by atoms with van der Waals surface area (Å²) >= 11 is 0. The van der Waals surface area contributed by atoms with Crippen molar-refractivity contribution in [3.8, 4) is 68.0 Å². The maximum absolute atomic E-state index is 11.0. The number of nitrogens with zero attached hydrogens (tertiary/aromatic N) is 5. The number of nitrogens with one attached hydrogen (secondary N) is 2. The van der Waals surface area contributed by atoms with E-state index in [9.17, 15) is 10.1 Å². The van der Waals surface area contributed by atoms with Gasteiger partial charge in [0.25, 0.3) is 5.69 Å². The topological polar surface area (TPSA) is 182 Å². The summed E-state index contributed by atoms with van der Waals surface area (Å²) < 4.78 is 21.3. The summed E-state index contributed by atoms with van der Waals surface area (Å²) in [7, 11) is 6.57. The van der Waals surface area contributed by atoms with Crippen LogP contribution < -0.4 is 35.3 Å². The first kappa shape index (κ1) is 45.6. The number of nitrogens with two attached hydrogens (primary N) is 1. The zero-order chi connectivity index (χ0) is 48.6. The lowest BCUT2D eigenvalue weighted by atomic mass is 10.0. The second kappa shape index (κ2) is 20.5. The zero-order valence-electron chi connectivity index (χ0n) is 38.6. The van der Waals surface area contributed by atoms with Crippen molar-refractivity contribution in [1.29, 1.82) is 0 Å². The summed E-state index contributed by atoms with van der Waals surface area (Å²) in [6.07, 6.45) is 0. The van der Waals surface area contributed by atoms with E-state index in [4.69, 9.17) is 44.6 Å². The molecule has 0 saturated heterocycles. The molecular weight excluding hydrogens is 881 g/mol. The van der Waals surface area contributed by atoms with Crippen LogP contribution in [0, 0.1) is 10.1 Å². The highest BCUT2D eigenvalue weighted by molar-refractivity contribution is 5.96. The highest BCUT2D eigenvalue weighted by Gasteiger charge is 2.18. The van der Waals surface area contributed by atoms with Gasteiger partial charge < -0.3 is 35.3 Å². The number of benzene rings is 8. The van der Waals surface area contributed by atoms with Gasteiger partial charge in [-0.1, -0.05) is 12.1 Å². The van der Waals surface area contributed by atoms with E-state index in [1.807, 2.05) is 158 Å². The second-order valence-electron chi connectivity index (χ2n) is 15.8. The van der Waals surface area contributed by atoms with Gasteiger partial charge in [-0.25, -0.2) is 19.9 Å². The first-order valence-corrected chi connectivity index (χ1v) is 22.0. The third kappa shape index (κ3) is 10.1. The number of hydrogen-bond donors (Lipinski definition) is 3. The molecule has 0 bridgehead atoms. The van der Waals surface area contributed by atoms with Crippen molar-refractivity contribution in [2.75, 3.05) is 44.8 Å². The Bertz CT molecular complexity index is 3430. The van der Waals surface area contributed by atoms with Crippen LogP contribution in [0.15, 0.2) is 182 Å². The van der Waals surface area contributed by atoms with Gasteiger partial charge in [0.2, 0.25) is 0 Å². The van der Waals surface area contributed by atoms with Crippen LogP contribution in [0.25, 0.3) is 67.1 Å². The molecule has 0 saturated carbocycles. The molecule has 14 nitrogen and oxygen atoms in total. The van der Waals surface area contributed by atoms with Crippen LogP contribution in [0.3, 0.4) is 0 Å². The summed E-state index contributed by atoms with van der Waals surface area (Å²) in [4.78, 5) is 30.8. The number of anilines is 5. The van der Waals surface area contributed by atoms with Gasteiger partial charge in [0.1, 0.15) is 34.0 Å². The molecule has 346 valence electrons. The zero-order valence-corrected chi connectivity index (χ0v) is 38.6. The highest BCUT2D eigenvalue weighted by Crippen LogP contribution is 2.37. The summed E-state index contributed by atoms with van der Waals surface area (Å²) in [6, 6.07) is 56.6. The number of non-ortho nitro benzene ring substituents is 1. The molecule has 2 aromatic heterocycles. The third-order valence-electron chi connectivity index (χ3n) is 11.4. The molecule has 2 heterocycles. The maximum Gasteiger partial charge on any atom is 0.269 e. The molecule has 10 aromatic rings. The van der Waals surface area contributed by atoms with Gasteiger partial charge in [0.15, 0.2) is 0 Å². The van der Waals surface area contributed by atoms with Crippen molar-refractivity contribution in [3.63, 3.8) is 0 Å². The lowest BCUT2D eigenvalue weighted by Gasteiger charge is -2.14. The first-order chi connectivity index (χ1) is 34.2. The fraction of sp³-hybridized carbons (Fsp3) is 0.0714. The Hall–Kier alpha value is -9.56. The molecule has 4 N–H and O–H groups in total. The second-order valence-corrected chi connectivity index (χ2v) is 15.8. The van der Waals surface area contributed by atoms with Crippen LogP contribution >= 0.6 is 0 Å². The van der Waals surface area contributed by atoms with Crippen LogP contribution in [-0.4, -0.2) is 53.3 Å². The van der Waals surface area contributed by atoms with Crippen molar-refractivity contribution in [2.24, 2.45) is 0 Å². The quantitative estimate of drug-likeness (QED) is 0.0565.